The van der Waals surface area contributed by atoms with Crippen LogP contribution in [0.5, 0.6) is 5.75 Å². The van der Waals surface area contributed by atoms with Gasteiger partial charge in [-0.3, -0.25) is 4.79 Å². The number of nitrogens with zero attached hydrogens (tertiary/aromatic N) is 2. The molecule has 2 unspecified atom stereocenters. The molecule has 160 valence electrons. The second kappa shape index (κ2) is 7.27. The Morgan fingerprint density at radius 3 is 2.67 bits per heavy atom. The van der Waals surface area contributed by atoms with E-state index in [0.717, 1.165) is 18.5 Å². The van der Waals surface area contributed by atoms with Crippen molar-refractivity contribution in [1.29, 1.82) is 0 Å². The van der Waals surface area contributed by atoms with Gasteiger partial charge in [0.1, 0.15) is 11.7 Å². The van der Waals surface area contributed by atoms with E-state index >= 15 is 0 Å². The van der Waals surface area contributed by atoms with Crippen molar-refractivity contribution in [3.05, 3.63) is 34.1 Å². The molecule has 8 heteroatoms. The van der Waals surface area contributed by atoms with Crippen LogP contribution in [0.15, 0.2) is 23.1 Å². The molecule has 2 aliphatic carbocycles. The molecule has 0 spiro atoms. The van der Waals surface area contributed by atoms with Crippen LogP contribution < -0.4 is 20.4 Å². The van der Waals surface area contributed by atoms with E-state index in [0.29, 0.717) is 35.8 Å². The van der Waals surface area contributed by atoms with Crippen LogP contribution in [0.1, 0.15) is 42.1 Å². The van der Waals surface area contributed by atoms with Gasteiger partial charge in [-0.05, 0) is 37.8 Å². The molecule has 2 atom stereocenters. The number of ether oxygens (including phenoxy) is 1. The first kappa shape index (κ1) is 19.4. The van der Waals surface area contributed by atoms with Crippen molar-refractivity contribution in [2.45, 2.75) is 43.9 Å². The third-order valence-corrected chi connectivity index (χ3v) is 6.45. The smallest absolute Gasteiger partial charge is 0.341 e. The number of carboxylic acid groups (broad SMARTS) is 1. The van der Waals surface area contributed by atoms with E-state index in [1.165, 1.54) is 19.0 Å². The highest BCUT2D eigenvalue weighted by Crippen LogP contribution is 2.43. The number of benzene rings is 1. The number of anilines is 1. The van der Waals surface area contributed by atoms with Crippen LogP contribution in [0.3, 0.4) is 0 Å². The molecule has 2 heterocycles. The van der Waals surface area contributed by atoms with Gasteiger partial charge in [-0.1, -0.05) is 0 Å². The van der Waals surface area contributed by atoms with Crippen molar-refractivity contribution < 1.29 is 19.0 Å². The number of rotatable bonds is 7. The lowest BCUT2D eigenvalue weighted by Gasteiger charge is -2.24. The molecular weight excluding hydrogens is 389 g/mol. The molecule has 2 saturated carbocycles. The average molecular weight is 415 g/mol. The van der Waals surface area contributed by atoms with Gasteiger partial charge in [0.25, 0.3) is 0 Å². The lowest BCUT2D eigenvalue weighted by atomic mass is 10.1. The van der Waals surface area contributed by atoms with E-state index in [-0.39, 0.29) is 24.1 Å². The molecule has 1 saturated heterocycles. The minimum Gasteiger partial charge on any atom is -0.492 e. The van der Waals surface area contributed by atoms with Gasteiger partial charge in [0.2, 0.25) is 5.43 Å². The molecule has 7 nitrogen and oxygen atoms in total. The van der Waals surface area contributed by atoms with Gasteiger partial charge in [0.05, 0.1) is 23.7 Å². The van der Waals surface area contributed by atoms with Gasteiger partial charge in [-0.2, -0.15) is 0 Å². The number of fused-ring (bicyclic) bond motifs is 1. The lowest BCUT2D eigenvalue weighted by molar-refractivity contribution is 0.0695. The van der Waals surface area contributed by atoms with Crippen molar-refractivity contribution >= 4 is 22.6 Å². The summed E-state index contributed by atoms with van der Waals surface area (Å²) in [5.74, 6) is -0.812. The van der Waals surface area contributed by atoms with E-state index in [2.05, 4.69) is 5.32 Å². The van der Waals surface area contributed by atoms with E-state index in [1.54, 1.807) is 19.2 Å². The van der Waals surface area contributed by atoms with Crippen molar-refractivity contribution in [3.63, 3.8) is 0 Å². The Balaban J connectivity index is 1.56. The van der Waals surface area contributed by atoms with Crippen molar-refractivity contribution in [3.8, 4) is 5.75 Å². The van der Waals surface area contributed by atoms with Crippen molar-refractivity contribution in [1.82, 2.24) is 9.88 Å². The first-order valence-corrected chi connectivity index (χ1v) is 10.6. The van der Waals surface area contributed by atoms with Gasteiger partial charge in [-0.25, -0.2) is 9.18 Å². The summed E-state index contributed by atoms with van der Waals surface area (Å²) in [5, 5.41) is 13.2. The third kappa shape index (κ3) is 3.33. The zero-order valence-electron chi connectivity index (χ0n) is 16.9. The topological polar surface area (TPSA) is 83.8 Å². The van der Waals surface area contributed by atoms with E-state index < -0.39 is 17.6 Å². The quantitative estimate of drug-likeness (QED) is 0.723. The maximum Gasteiger partial charge on any atom is 0.341 e. The number of nitrogens with one attached hydrogen (secondary N) is 1. The average Bonchev–Trinajstić information content (AvgIpc) is 3.64. The normalized spacial score (nSPS) is 23.9. The number of alkyl halides is 1. The summed E-state index contributed by atoms with van der Waals surface area (Å²) >= 11 is 0. The monoisotopic (exact) mass is 415 g/mol. The Morgan fingerprint density at radius 1 is 1.27 bits per heavy atom. The minimum atomic E-state index is -1.23. The second-order valence-electron chi connectivity index (χ2n) is 8.69. The fourth-order valence-corrected chi connectivity index (χ4v) is 4.48. The number of methoxy groups -OCH3 is 1. The van der Waals surface area contributed by atoms with Crippen LogP contribution >= 0.6 is 0 Å². The Labute approximate surface area is 173 Å². The largest absolute Gasteiger partial charge is 0.492 e. The fraction of sp³-hybridized carbons (Fsp3) is 0.545. The summed E-state index contributed by atoms with van der Waals surface area (Å²) in [5.41, 5.74) is 0.594. The summed E-state index contributed by atoms with van der Waals surface area (Å²) in [6.45, 7) is 1.51. The predicted molar refractivity (Wildman–Crippen MR) is 112 cm³/mol. The molecule has 3 aliphatic rings. The van der Waals surface area contributed by atoms with Crippen LogP contribution in [0.4, 0.5) is 10.1 Å². The third-order valence-electron chi connectivity index (χ3n) is 6.45. The first-order chi connectivity index (χ1) is 14.5. The number of hydrogen-bond donors (Lipinski definition) is 2. The Bertz CT molecular complexity index is 1060. The van der Waals surface area contributed by atoms with E-state index in [1.807, 2.05) is 9.47 Å². The maximum atomic E-state index is 14.7. The highest BCUT2D eigenvalue weighted by molar-refractivity contribution is 5.97. The number of pyridine rings is 1. The van der Waals surface area contributed by atoms with E-state index in [9.17, 15) is 19.1 Å². The number of halogens is 1. The standard InChI is InChI=1S/C22H26FN3O4/c1-30-21-18(25-9-12(17(23)11-25)8-24-13-2-3-13)7-6-15-19(21)26(14-4-5-14)10-16(20(15)27)22(28)29/h6-7,10,12-14,17,24H,2-5,8-9,11H2,1H3,(H,28,29). The number of carbonyl (C=O) groups is 1. The molecule has 1 aromatic carbocycles. The minimum absolute atomic E-state index is 0.0917. The number of carboxylic acids is 1. The summed E-state index contributed by atoms with van der Waals surface area (Å²) < 4.78 is 22.3. The Kier molecular flexibility index (Phi) is 4.69. The molecule has 3 fully saturated rings. The summed E-state index contributed by atoms with van der Waals surface area (Å²) in [6.07, 6.45) is 4.69. The lowest BCUT2D eigenvalue weighted by Crippen LogP contribution is -2.30. The maximum absolute atomic E-state index is 14.7. The molecule has 0 radical (unpaired) electrons. The molecule has 0 bridgehead atoms. The zero-order valence-corrected chi connectivity index (χ0v) is 16.9. The predicted octanol–water partition coefficient (Wildman–Crippen LogP) is 2.57. The molecule has 2 N–H and O–H groups in total. The van der Waals surface area contributed by atoms with Gasteiger partial charge in [-0.15, -0.1) is 0 Å². The molecule has 30 heavy (non-hydrogen) atoms. The van der Waals surface area contributed by atoms with Crippen molar-refractivity contribution in [2.75, 3.05) is 31.6 Å². The molecular formula is C22H26FN3O4. The molecule has 2 aromatic rings. The van der Waals surface area contributed by atoms with Crippen LogP contribution in [0.25, 0.3) is 10.9 Å². The van der Waals surface area contributed by atoms with Crippen LogP contribution in [0.2, 0.25) is 0 Å². The zero-order chi connectivity index (χ0) is 21.0. The van der Waals surface area contributed by atoms with Crippen LogP contribution in [-0.2, 0) is 0 Å². The molecule has 5 rings (SSSR count). The molecule has 1 aliphatic heterocycles. The second-order valence-corrected chi connectivity index (χ2v) is 8.69. The van der Waals surface area contributed by atoms with Crippen LogP contribution in [-0.4, -0.2) is 54.6 Å². The molecule has 0 amide bonds. The fourth-order valence-electron chi connectivity index (χ4n) is 4.48. The Morgan fingerprint density at radius 2 is 2.03 bits per heavy atom. The number of aromatic carboxylic acids is 1. The first-order valence-electron chi connectivity index (χ1n) is 10.6. The van der Waals surface area contributed by atoms with Gasteiger partial charge < -0.3 is 24.6 Å². The van der Waals surface area contributed by atoms with Gasteiger partial charge in [0, 0.05) is 43.8 Å². The summed E-state index contributed by atoms with van der Waals surface area (Å²) in [7, 11) is 1.54. The summed E-state index contributed by atoms with van der Waals surface area (Å²) in [6, 6.07) is 4.11. The van der Waals surface area contributed by atoms with Gasteiger partial charge >= 0.3 is 5.97 Å². The van der Waals surface area contributed by atoms with E-state index in [4.69, 9.17) is 4.74 Å². The number of hydrogen-bond acceptors (Lipinski definition) is 5. The summed E-state index contributed by atoms with van der Waals surface area (Å²) in [4.78, 5) is 26.4. The highest BCUT2D eigenvalue weighted by Gasteiger charge is 2.36. The SMILES string of the molecule is COc1c(N2CC(F)C(CNC3CC3)C2)ccc2c(=O)c(C(=O)O)cn(C3CC3)c12. The highest BCUT2D eigenvalue weighted by atomic mass is 19.1. The Hall–Kier alpha value is -2.61. The molecule has 1 aromatic heterocycles. The van der Waals surface area contributed by atoms with Crippen molar-refractivity contribution in [2.24, 2.45) is 5.92 Å². The van der Waals surface area contributed by atoms with Gasteiger partial charge in [0.15, 0.2) is 5.75 Å². The number of aromatic nitrogens is 1. The van der Waals surface area contributed by atoms with Crippen LogP contribution in [0, 0.1) is 5.92 Å².